The molecule has 0 aliphatic rings. The van der Waals surface area contributed by atoms with Crippen molar-refractivity contribution in [1.82, 2.24) is 9.55 Å². The standard InChI is InChI=1S/C27H26ClN3O2/c1-2-6-25-30-24-15-14-22(29-26(32)16-11-19-7-4-3-5-8-19)17-23(24)27(33)31(25)18-20-9-12-21(28)13-10-20/h3-5,7-10,12-15,17H,2,6,11,16,18H2,1H3,(H,29,32). The number of amides is 1. The number of rotatable bonds is 8. The Bertz CT molecular complexity index is 1320. The van der Waals surface area contributed by atoms with E-state index in [2.05, 4.69) is 12.2 Å². The number of nitrogens with one attached hydrogen (secondary N) is 1. The Hall–Kier alpha value is -3.44. The van der Waals surface area contributed by atoms with Gasteiger partial charge in [0.1, 0.15) is 5.82 Å². The largest absolute Gasteiger partial charge is 0.326 e. The van der Waals surface area contributed by atoms with Gasteiger partial charge in [-0.15, -0.1) is 0 Å². The van der Waals surface area contributed by atoms with Gasteiger partial charge in [-0.25, -0.2) is 4.98 Å². The van der Waals surface area contributed by atoms with Crippen molar-refractivity contribution in [2.45, 2.75) is 39.2 Å². The summed E-state index contributed by atoms with van der Waals surface area (Å²) in [6, 6.07) is 22.7. The number of benzene rings is 3. The second kappa shape index (κ2) is 10.5. The first-order chi connectivity index (χ1) is 16.0. The fraction of sp³-hybridized carbons (Fsp3) is 0.222. The first-order valence-electron chi connectivity index (χ1n) is 11.1. The summed E-state index contributed by atoms with van der Waals surface area (Å²) >= 11 is 6.01. The average molecular weight is 460 g/mol. The van der Waals surface area contributed by atoms with E-state index < -0.39 is 0 Å². The molecule has 0 aliphatic carbocycles. The fourth-order valence-corrected chi connectivity index (χ4v) is 3.95. The zero-order valence-electron chi connectivity index (χ0n) is 18.6. The topological polar surface area (TPSA) is 64.0 Å². The second-order valence-corrected chi connectivity index (χ2v) is 8.50. The van der Waals surface area contributed by atoms with Gasteiger partial charge in [0.05, 0.1) is 17.4 Å². The lowest BCUT2D eigenvalue weighted by atomic mass is 10.1. The molecule has 1 amide bonds. The monoisotopic (exact) mass is 459 g/mol. The summed E-state index contributed by atoms with van der Waals surface area (Å²) < 4.78 is 1.72. The molecule has 4 rings (SSSR count). The van der Waals surface area contributed by atoms with Crippen molar-refractivity contribution >= 4 is 34.1 Å². The van der Waals surface area contributed by atoms with Gasteiger partial charge in [0.25, 0.3) is 5.56 Å². The smallest absolute Gasteiger partial charge is 0.261 e. The van der Waals surface area contributed by atoms with Gasteiger partial charge in [0.15, 0.2) is 0 Å². The van der Waals surface area contributed by atoms with Crippen LogP contribution in [-0.2, 0) is 24.2 Å². The van der Waals surface area contributed by atoms with Crippen molar-refractivity contribution in [3.8, 4) is 0 Å². The van der Waals surface area contributed by atoms with E-state index in [-0.39, 0.29) is 11.5 Å². The highest BCUT2D eigenvalue weighted by molar-refractivity contribution is 6.30. The molecule has 0 saturated carbocycles. The predicted octanol–water partition coefficient (Wildman–Crippen LogP) is 5.62. The quantitative estimate of drug-likeness (QED) is 0.372. The van der Waals surface area contributed by atoms with Crippen LogP contribution in [0.1, 0.15) is 36.7 Å². The molecule has 1 aromatic heterocycles. The lowest BCUT2D eigenvalue weighted by Gasteiger charge is -2.14. The molecule has 4 aromatic rings. The molecule has 0 bridgehead atoms. The molecule has 33 heavy (non-hydrogen) atoms. The van der Waals surface area contributed by atoms with E-state index in [1.54, 1.807) is 22.8 Å². The molecule has 0 atom stereocenters. The molecule has 0 aliphatic heterocycles. The summed E-state index contributed by atoms with van der Waals surface area (Å²) in [7, 11) is 0. The highest BCUT2D eigenvalue weighted by Crippen LogP contribution is 2.18. The van der Waals surface area contributed by atoms with Gasteiger partial charge in [-0.3, -0.25) is 14.2 Å². The number of halogens is 1. The number of aromatic nitrogens is 2. The van der Waals surface area contributed by atoms with Crippen molar-refractivity contribution in [3.05, 3.63) is 105 Å². The average Bonchev–Trinajstić information content (AvgIpc) is 2.83. The minimum Gasteiger partial charge on any atom is -0.326 e. The van der Waals surface area contributed by atoms with Crippen LogP contribution >= 0.6 is 11.6 Å². The Morgan fingerprint density at radius 1 is 0.970 bits per heavy atom. The number of nitrogens with zero attached hydrogens (tertiary/aromatic N) is 2. The summed E-state index contributed by atoms with van der Waals surface area (Å²) in [5, 5.41) is 4.06. The number of anilines is 1. The molecular weight excluding hydrogens is 434 g/mol. The number of carbonyl (C=O) groups is 1. The fourth-order valence-electron chi connectivity index (χ4n) is 3.82. The zero-order chi connectivity index (χ0) is 23.2. The minimum atomic E-state index is -0.112. The Kier molecular flexibility index (Phi) is 7.20. The normalized spacial score (nSPS) is 11.0. The van der Waals surface area contributed by atoms with E-state index in [1.165, 1.54) is 0 Å². The van der Waals surface area contributed by atoms with E-state index >= 15 is 0 Å². The molecule has 5 nitrogen and oxygen atoms in total. The van der Waals surface area contributed by atoms with Crippen molar-refractivity contribution in [1.29, 1.82) is 0 Å². The minimum absolute atomic E-state index is 0.0877. The van der Waals surface area contributed by atoms with Crippen molar-refractivity contribution in [2.24, 2.45) is 0 Å². The molecule has 1 N–H and O–H groups in total. The SMILES string of the molecule is CCCc1nc2ccc(NC(=O)CCc3ccccc3)cc2c(=O)n1Cc1ccc(Cl)cc1. The predicted molar refractivity (Wildman–Crippen MR) is 134 cm³/mol. The molecule has 3 aromatic carbocycles. The summed E-state index contributed by atoms with van der Waals surface area (Å²) in [5.41, 5.74) is 3.21. The van der Waals surface area contributed by atoms with E-state index in [4.69, 9.17) is 16.6 Å². The third-order valence-corrected chi connectivity index (χ3v) is 5.78. The van der Waals surface area contributed by atoms with Gasteiger partial charge < -0.3 is 5.32 Å². The van der Waals surface area contributed by atoms with Crippen molar-refractivity contribution in [2.75, 3.05) is 5.32 Å². The van der Waals surface area contributed by atoms with E-state index in [0.717, 1.165) is 23.4 Å². The maximum atomic E-state index is 13.4. The van der Waals surface area contributed by atoms with Crippen LogP contribution < -0.4 is 10.9 Å². The van der Waals surface area contributed by atoms with Crippen LogP contribution in [-0.4, -0.2) is 15.5 Å². The molecule has 0 unspecified atom stereocenters. The van der Waals surface area contributed by atoms with E-state index in [9.17, 15) is 9.59 Å². The van der Waals surface area contributed by atoms with Crippen LogP contribution in [0.5, 0.6) is 0 Å². The first kappa shape index (κ1) is 22.7. The molecule has 0 fully saturated rings. The Balaban J connectivity index is 1.59. The number of fused-ring (bicyclic) bond motifs is 1. The van der Waals surface area contributed by atoms with Gasteiger partial charge in [-0.05, 0) is 54.3 Å². The molecule has 1 heterocycles. The van der Waals surface area contributed by atoms with Crippen molar-refractivity contribution in [3.63, 3.8) is 0 Å². The maximum absolute atomic E-state index is 13.4. The van der Waals surface area contributed by atoms with Gasteiger partial charge in [-0.1, -0.05) is 61.0 Å². The third kappa shape index (κ3) is 5.68. The molecule has 0 spiro atoms. The lowest BCUT2D eigenvalue weighted by molar-refractivity contribution is -0.116. The van der Waals surface area contributed by atoms with Crippen LogP contribution in [0, 0.1) is 0 Å². The van der Waals surface area contributed by atoms with Crippen LogP contribution in [0.4, 0.5) is 5.69 Å². The Labute approximate surface area is 198 Å². The number of aryl methyl sites for hydroxylation is 2. The second-order valence-electron chi connectivity index (χ2n) is 8.06. The number of hydrogen-bond donors (Lipinski definition) is 1. The highest BCUT2D eigenvalue weighted by Gasteiger charge is 2.13. The number of hydrogen-bond acceptors (Lipinski definition) is 3. The Morgan fingerprint density at radius 2 is 1.73 bits per heavy atom. The third-order valence-electron chi connectivity index (χ3n) is 5.53. The number of carbonyl (C=O) groups excluding carboxylic acids is 1. The molecular formula is C27H26ClN3O2. The van der Waals surface area contributed by atoms with Gasteiger partial charge in [0, 0.05) is 23.6 Å². The highest BCUT2D eigenvalue weighted by atomic mass is 35.5. The first-order valence-corrected chi connectivity index (χ1v) is 11.5. The molecule has 6 heteroatoms. The van der Waals surface area contributed by atoms with Crippen molar-refractivity contribution < 1.29 is 4.79 Å². The van der Waals surface area contributed by atoms with Gasteiger partial charge >= 0.3 is 0 Å². The van der Waals surface area contributed by atoms with Gasteiger partial charge in [0.2, 0.25) is 5.91 Å². The van der Waals surface area contributed by atoms with E-state index in [1.807, 2.05) is 54.6 Å². The summed E-state index contributed by atoms with van der Waals surface area (Å²) in [6.07, 6.45) is 2.62. The van der Waals surface area contributed by atoms with E-state index in [0.29, 0.717) is 47.4 Å². The zero-order valence-corrected chi connectivity index (χ0v) is 19.3. The van der Waals surface area contributed by atoms with Crippen LogP contribution in [0.15, 0.2) is 77.6 Å². The summed E-state index contributed by atoms with van der Waals surface area (Å²) in [6.45, 7) is 2.49. The van der Waals surface area contributed by atoms with Crippen LogP contribution in [0.2, 0.25) is 5.02 Å². The molecule has 168 valence electrons. The maximum Gasteiger partial charge on any atom is 0.261 e. The Morgan fingerprint density at radius 3 is 2.45 bits per heavy atom. The van der Waals surface area contributed by atoms with Crippen LogP contribution in [0.3, 0.4) is 0 Å². The van der Waals surface area contributed by atoms with Gasteiger partial charge in [-0.2, -0.15) is 0 Å². The molecule has 0 saturated heterocycles. The lowest BCUT2D eigenvalue weighted by Crippen LogP contribution is -2.26. The summed E-state index contributed by atoms with van der Waals surface area (Å²) in [5.74, 6) is 0.667. The summed E-state index contributed by atoms with van der Waals surface area (Å²) in [4.78, 5) is 30.6. The van der Waals surface area contributed by atoms with Crippen LogP contribution in [0.25, 0.3) is 10.9 Å². The molecule has 0 radical (unpaired) electrons.